The van der Waals surface area contributed by atoms with Gasteiger partial charge in [0, 0.05) is 80.6 Å². The highest BCUT2D eigenvalue weighted by molar-refractivity contribution is 6.14. The molecule has 7 rings (SSSR count). The third-order valence-electron chi connectivity index (χ3n) is 7.41. The van der Waals surface area contributed by atoms with E-state index in [2.05, 4.69) is 82.8 Å². The summed E-state index contributed by atoms with van der Waals surface area (Å²) in [5, 5.41) is 4.68. The number of fused-ring (bicyclic) bond motifs is 6. The van der Waals surface area contributed by atoms with Crippen molar-refractivity contribution in [2.75, 3.05) is 0 Å². The monoisotopic (exact) mass is 465 g/mol. The Balaban J connectivity index is 1.26. The summed E-state index contributed by atoms with van der Waals surface area (Å²) in [6.45, 7) is 0. The molecule has 3 aromatic heterocycles. The Kier molecular flexibility index (Phi) is 4.39. The smallest absolute Gasteiger partial charge is 0.194 e. The van der Waals surface area contributed by atoms with Crippen molar-refractivity contribution < 1.29 is 4.79 Å². The van der Waals surface area contributed by atoms with Crippen molar-refractivity contribution in [3.63, 3.8) is 0 Å². The topological polar surface area (TPSA) is 39.8 Å². The lowest BCUT2D eigenvalue weighted by Gasteiger charge is -2.06. The maximum absolute atomic E-state index is 13.4. The summed E-state index contributed by atoms with van der Waals surface area (Å²) in [5.74, 6) is -0.0200. The molecule has 36 heavy (non-hydrogen) atoms. The molecule has 7 aromatic rings. The van der Waals surface area contributed by atoms with Gasteiger partial charge in [-0.3, -0.25) is 9.78 Å². The zero-order valence-electron chi connectivity index (χ0n) is 20.1. The Morgan fingerprint density at radius 2 is 1.14 bits per heavy atom. The minimum atomic E-state index is -0.0200. The molecule has 0 spiro atoms. The predicted octanol–water partition coefficient (Wildman–Crippen LogP) is 7.27. The number of ketones is 1. The Hall–Kier alpha value is -4.70. The average molecular weight is 466 g/mol. The molecule has 0 fully saturated rings. The lowest BCUT2D eigenvalue weighted by atomic mass is 10.0. The van der Waals surface area contributed by atoms with Crippen molar-refractivity contribution in [1.82, 2.24) is 14.1 Å². The van der Waals surface area contributed by atoms with E-state index in [0.29, 0.717) is 11.1 Å². The second kappa shape index (κ2) is 7.65. The van der Waals surface area contributed by atoms with Gasteiger partial charge < -0.3 is 9.13 Å². The van der Waals surface area contributed by atoms with Gasteiger partial charge in [-0.25, -0.2) is 0 Å². The Morgan fingerprint density at radius 1 is 0.583 bits per heavy atom. The summed E-state index contributed by atoms with van der Waals surface area (Å²) < 4.78 is 4.39. The molecule has 172 valence electrons. The largest absolute Gasteiger partial charge is 0.344 e. The van der Waals surface area contributed by atoms with E-state index in [1.165, 1.54) is 21.8 Å². The zero-order chi connectivity index (χ0) is 24.4. The van der Waals surface area contributed by atoms with Crippen LogP contribution in [-0.2, 0) is 14.1 Å². The van der Waals surface area contributed by atoms with E-state index in [0.717, 1.165) is 33.1 Å². The fourth-order valence-corrected chi connectivity index (χ4v) is 5.50. The van der Waals surface area contributed by atoms with Gasteiger partial charge in [0.2, 0.25) is 0 Å². The van der Waals surface area contributed by atoms with Gasteiger partial charge in [-0.2, -0.15) is 0 Å². The fraction of sp³-hybridized carbons (Fsp3) is 0.0625. The number of carbonyl (C=O) groups excluding carboxylic acids is 1. The first-order valence-corrected chi connectivity index (χ1v) is 12.1. The molecule has 3 heterocycles. The molecule has 0 saturated carbocycles. The van der Waals surface area contributed by atoms with E-state index >= 15 is 0 Å². The van der Waals surface area contributed by atoms with E-state index in [1.807, 2.05) is 42.5 Å². The summed E-state index contributed by atoms with van der Waals surface area (Å²) in [4.78, 5) is 18.0. The summed E-state index contributed by atoms with van der Waals surface area (Å²) in [6, 6.07) is 32.9. The zero-order valence-corrected chi connectivity index (χ0v) is 20.1. The van der Waals surface area contributed by atoms with Crippen LogP contribution < -0.4 is 0 Å². The van der Waals surface area contributed by atoms with Crippen molar-refractivity contribution in [3.8, 4) is 11.3 Å². The third-order valence-corrected chi connectivity index (χ3v) is 7.41. The van der Waals surface area contributed by atoms with Gasteiger partial charge in [0.05, 0.1) is 5.69 Å². The first-order valence-electron chi connectivity index (χ1n) is 12.1. The molecule has 4 heteroatoms. The molecular formula is C32H23N3O. The van der Waals surface area contributed by atoms with Gasteiger partial charge in [0.15, 0.2) is 5.78 Å². The van der Waals surface area contributed by atoms with Crippen LogP contribution in [0.2, 0.25) is 0 Å². The number of nitrogens with zero attached hydrogens (tertiary/aromatic N) is 3. The van der Waals surface area contributed by atoms with E-state index < -0.39 is 0 Å². The van der Waals surface area contributed by atoms with E-state index in [4.69, 9.17) is 0 Å². The number of pyridine rings is 1. The van der Waals surface area contributed by atoms with Gasteiger partial charge >= 0.3 is 0 Å². The van der Waals surface area contributed by atoms with Crippen molar-refractivity contribution in [2.45, 2.75) is 0 Å². The van der Waals surface area contributed by atoms with Crippen LogP contribution in [0.5, 0.6) is 0 Å². The summed E-state index contributed by atoms with van der Waals surface area (Å²) in [6.07, 6.45) is 1.69. The van der Waals surface area contributed by atoms with Gasteiger partial charge in [0.1, 0.15) is 0 Å². The predicted molar refractivity (Wildman–Crippen MR) is 148 cm³/mol. The van der Waals surface area contributed by atoms with E-state index in [-0.39, 0.29) is 5.78 Å². The number of carbonyl (C=O) groups is 1. The molecule has 4 aromatic carbocycles. The van der Waals surface area contributed by atoms with Gasteiger partial charge in [-0.05, 0) is 54.6 Å². The normalized spacial score (nSPS) is 11.7. The van der Waals surface area contributed by atoms with Gasteiger partial charge in [-0.15, -0.1) is 0 Å². The van der Waals surface area contributed by atoms with Crippen LogP contribution in [0.25, 0.3) is 54.9 Å². The standard InChI is InChI=1S/C32H23N3O/c1-34-28-9-5-3-7-23(28)25-17-20(12-15-30(25)34)27-14-11-22(19-33-27)32(36)21-13-16-31-26(18-21)24-8-4-6-10-29(24)35(31)2/h3-19H,1-2H3. The summed E-state index contributed by atoms with van der Waals surface area (Å²) >= 11 is 0. The lowest BCUT2D eigenvalue weighted by molar-refractivity contribution is 0.103. The first kappa shape index (κ1) is 20.7. The highest BCUT2D eigenvalue weighted by Gasteiger charge is 2.15. The van der Waals surface area contributed by atoms with Crippen LogP contribution in [0, 0.1) is 0 Å². The number of aromatic nitrogens is 3. The molecule has 0 saturated heterocycles. The maximum atomic E-state index is 13.4. The molecule has 0 aliphatic carbocycles. The average Bonchev–Trinajstić information content (AvgIpc) is 3.39. The number of para-hydroxylation sites is 2. The number of hydrogen-bond donors (Lipinski definition) is 0. The van der Waals surface area contributed by atoms with Crippen LogP contribution >= 0.6 is 0 Å². The van der Waals surface area contributed by atoms with Gasteiger partial charge in [0.25, 0.3) is 0 Å². The highest BCUT2D eigenvalue weighted by atomic mass is 16.1. The SMILES string of the molecule is Cn1c2ccccc2c2cc(C(=O)c3ccc(-c4ccc5c(c4)c4ccccc4n5C)nc3)ccc21. The van der Waals surface area contributed by atoms with Crippen LogP contribution in [0.15, 0.2) is 103 Å². The van der Waals surface area contributed by atoms with Crippen molar-refractivity contribution >= 4 is 49.4 Å². The molecule has 0 atom stereocenters. The van der Waals surface area contributed by atoms with Crippen LogP contribution in [0.3, 0.4) is 0 Å². The summed E-state index contributed by atoms with van der Waals surface area (Å²) in [7, 11) is 4.16. The quantitative estimate of drug-likeness (QED) is 0.258. The molecule has 0 bridgehead atoms. The van der Waals surface area contributed by atoms with E-state index in [1.54, 1.807) is 6.20 Å². The maximum Gasteiger partial charge on any atom is 0.194 e. The summed E-state index contributed by atoms with van der Waals surface area (Å²) in [5.41, 5.74) is 7.82. The van der Waals surface area contributed by atoms with Crippen molar-refractivity contribution in [1.29, 1.82) is 0 Å². The molecular weight excluding hydrogens is 442 g/mol. The van der Waals surface area contributed by atoms with Crippen molar-refractivity contribution in [3.05, 3.63) is 114 Å². The number of benzene rings is 4. The molecule has 0 aliphatic heterocycles. The van der Waals surface area contributed by atoms with Crippen LogP contribution in [-0.4, -0.2) is 19.9 Å². The van der Waals surface area contributed by atoms with Gasteiger partial charge in [-0.1, -0.05) is 42.5 Å². The Labute approximate surface area is 208 Å². The second-order valence-corrected chi connectivity index (χ2v) is 9.38. The molecule has 0 amide bonds. The minimum Gasteiger partial charge on any atom is -0.344 e. The number of aryl methyl sites for hydroxylation is 2. The molecule has 0 radical (unpaired) electrons. The van der Waals surface area contributed by atoms with Crippen molar-refractivity contribution in [2.24, 2.45) is 14.1 Å². The van der Waals surface area contributed by atoms with Crippen LogP contribution in [0.4, 0.5) is 0 Å². The Morgan fingerprint density at radius 3 is 1.78 bits per heavy atom. The third kappa shape index (κ3) is 2.94. The Bertz CT molecular complexity index is 1970. The van der Waals surface area contributed by atoms with E-state index in [9.17, 15) is 4.79 Å². The second-order valence-electron chi connectivity index (χ2n) is 9.38. The van der Waals surface area contributed by atoms with Crippen LogP contribution in [0.1, 0.15) is 15.9 Å². The molecule has 0 N–H and O–H groups in total. The number of hydrogen-bond acceptors (Lipinski definition) is 2. The fourth-order valence-electron chi connectivity index (χ4n) is 5.50. The highest BCUT2D eigenvalue weighted by Crippen LogP contribution is 2.32. The number of rotatable bonds is 3. The lowest BCUT2D eigenvalue weighted by Crippen LogP contribution is -2.02. The first-order chi connectivity index (χ1) is 17.6. The molecule has 4 nitrogen and oxygen atoms in total. The molecule has 0 unspecified atom stereocenters. The minimum absolute atomic E-state index is 0.0200. The molecule has 0 aliphatic rings.